The van der Waals surface area contributed by atoms with E-state index in [1.165, 1.54) is 7.11 Å². The molecule has 0 aliphatic carbocycles. The summed E-state index contributed by atoms with van der Waals surface area (Å²) in [4.78, 5) is 7.16. The number of rotatable bonds is 4. The summed E-state index contributed by atoms with van der Waals surface area (Å²) >= 11 is 0. The van der Waals surface area contributed by atoms with Gasteiger partial charge in [0.25, 0.3) is 0 Å². The van der Waals surface area contributed by atoms with E-state index in [1.54, 1.807) is 0 Å². The molecule has 76 valence electrons. The lowest BCUT2D eigenvalue weighted by Gasteiger charge is -2.04. The van der Waals surface area contributed by atoms with Crippen LogP contribution >= 0.6 is 0 Å². The van der Waals surface area contributed by atoms with Crippen molar-refractivity contribution in [2.24, 2.45) is 27.2 Å². The lowest BCUT2D eigenvalue weighted by atomic mass is 10.4. The van der Waals surface area contributed by atoms with E-state index < -0.39 is 6.10 Å². The van der Waals surface area contributed by atoms with Gasteiger partial charge in [-0.2, -0.15) is 4.99 Å². The minimum atomic E-state index is -0.697. The molecule has 0 aromatic carbocycles. The maximum absolute atomic E-state index is 9.13. The van der Waals surface area contributed by atoms with E-state index in [4.69, 9.17) is 22.3 Å². The van der Waals surface area contributed by atoms with Crippen LogP contribution in [0.25, 0.3) is 0 Å². The average molecular weight is 189 g/mol. The highest BCUT2D eigenvalue weighted by Crippen LogP contribution is 1.85. The molecular formula is C6H15N5O2. The number of hydrogen-bond donors (Lipinski definition) is 4. The molecule has 7 N–H and O–H groups in total. The largest absolute Gasteiger partial charge is 0.389 e. The second-order valence-electron chi connectivity index (χ2n) is 2.34. The summed E-state index contributed by atoms with van der Waals surface area (Å²) in [6, 6.07) is 0. The number of methoxy groups -OCH3 is 1. The fourth-order valence-corrected chi connectivity index (χ4v) is 0.612. The van der Waals surface area contributed by atoms with Crippen molar-refractivity contribution in [1.82, 2.24) is 0 Å². The maximum atomic E-state index is 9.13. The third-order valence-corrected chi connectivity index (χ3v) is 1.07. The topological polar surface area (TPSA) is 132 Å². The zero-order valence-corrected chi connectivity index (χ0v) is 7.47. The van der Waals surface area contributed by atoms with Crippen LogP contribution < -0.4 is 17.2 Å². The van der Waals surface area contributed by atoms with Gasteiger partial charge in [0.1, 0.15) is 0 Å². The van der Waals surface area contributed by atoms with Gasteiger partial charge >= 0.3 is 0 Å². The first-order valence-electron chi connectivity index (χ1n) is 3.62. The summed E-state index contributed by atoms with van der Waals surface area (Å²) in [5.41, 5.74) is 15.3. The quantitative estimate of drug-likeness (QED) is 0.288. The molecule has 0 saturated heterocycles. The molecule has 13 heavy (non-hydrogen) atoms. The van der Waals surface area contributed by atoms with Gasteiger partial charge in [-0.1, -0.05) is 0 Å². The lowest BCUT2D eigenvalue weighted by Crippen LogP contribution is -2.27. The predicted molar refractivity (Wildman–Crippen MR) is 50.2 cm³/mol. The Hall–Kier alpha value is -1.34. The van der Waals surface area contributed by atoms with Crippen molar-refractivity contribution in [2.45, 2.75) is 6.10 Å². The molecule has 1 unspecified atom stereocenters. The van der Waals surface area contributed by atoms with Crippen LogP contribution in [0.1, 0.15) is 0 Å². The summed E-state index contributed by atoms with van der Waals surface area (Å²) in [5, 5.41) is 9.13. The van der Waals surface area contributed by atoms with Crippen LogP contribution in [0.5, 0.6) is 0 Å². The Morgan fingerprint density at radius 1 is 1.46 bits per heavy atom. The monoisotopic (exact) mass is 189 g/mol. The molecule has 0 saturated carbocycles. The van der Waals surface area contributed by atoms with Gasteiger partial charge < -0.3 is 27.0 Å². The van der Waals surface area contributed by atoms with E-state index in [9.17, 15) is 0 Å². The first-order valence-corrected chi connectivity index (χ1v) is 3.62. The second-order valence-corrected chi connectivity index (χ2v) is 2.34. The van der Waals surface area contributed by atoms with Crippen LogP contribution in [0.4, 0.5) is 0 Å². The fourth-order valence-electron chi connectivity index (χ4n) is 0.612. The van der Waals surface area contributed by atoms with Crippen LogP contribution in [0, 0.1) is 0 Å². The molecule has 0 aliphatic heterocycles. The molecule has 0 aromatic heterocycles. The number of aliphatic hydroxyl groups is 1. The Bertz CT molecular complexity index is 199. The van der Waals surface area contributed by atoms with Crippen molar-refractivity contribution in [2.75, 3.05) is 20.3 Å². The van der Waals surface area contributed by atoms with Crippen LogP contribution in [-0.4, -0.2) is 43.4 Å². The first kappa shape index (κ1) is 11.7. The molecule has 0 amide bonds. The number of aliphatic imine (C=N–C) groups is 2. The van der Waals surface area contributed by atoms with Crippen LogP contribution in [-0.2, 0) is 4.74 Å². The van der Waals surface area contributed by atoms with Crippen molar-refractivity contribution in [3.05, 3.63) is 0 Å². The molecule has 0 rings (SSSR count). The predicted octanol–water partition coefficient (Wildman–Crippen LogP) is -2.42. The molecule has 7 heteroatoms. The zero-order valence-electron chi connectivity index (χ0n) is 7.47. The molecular weight excluding hydrogens is 174 g/mol. The van der Waals surface area contributed by atoms with Crippen molar-refractivity contribution >= 4 is 11.9 Å². The van der Waals surface area contributed by atoms with Crippen molar-refractivity contribution < 1.29 is 9.84 Å². The molecule has 0 heterocycles. The smallest absolute Gasteiger partial charge is 0.218 e. The van der Waals surface area contributed by atoms with Crippen molar-refractivity contribution in [3.8, 4) is 0 Å². The maximum Gasteiger partial charge on any atom is 0.218 e. The normalized spacial score (nSPS) is 13.8. The molecule has 0 spiro atoms. The van der Waals surface area contributed by atoms with Gasteiger partial charge in [-0.3, -0.25) is 0 Å². The van der Waals surface area contributed by atoms with Crippen molar-refractivity contribution in [1.29, 1.82) is 0 Å². The molecule has 7 nitrogen and oxygen atoms in total. The first-order chi connectivity index (χ1) is 6.06. The lowest BCUT2D eigenvalue weighted by molar-refractivity contribution is 0.0705. The van der Waals surface area contributed by atoms with Gasteiger partial charge in [0, 0.05) is 7.11 Å². The van der Waals surface area contributed by atoms with Crippen LogP contribution in [0.3, 0.4) is 0 Å². The summed E-state index contributed by atoms with van der Waals surface area (Å²) in [6.07, 6.45) is -0.697. The fraction of sp³-hybridized carbons (Fsp3) is 0.667. The number of nitrogens with zero attached hydrogens (tertiary/aromatic N) is 2. The third-order valence-electron chi connectivity index (χ3n) is 1.07. The third kappa shape index (κ3) is 7.04. The van der Waals surface area contributed by atoms with Crippen molar-refractivity contribution in [3.63, 3.8) is 0 Å². The van der Waals surface area contributed by atoms with Gasteiger partial charge in [0.05, 0.1) is 19.3 Å². The number of hydrogen-bond acceptors (Lipinski definition) is 3. The molecule has 0 bridgehead atoms. The summed E-state index contributed by atoms with van der Waals surface area (Å²) in [6.45, 7) is 0.301. The Morgan fingerprint density at radius 3 is 2.54 bits per heavy atom. The van der Waals surface area contributed by atoms with E-state index in [-0.39, 0.29) is 25.1 Å². The van der Waals surface area contributed by atoms with Gasteiger partial charge in [-0.25, -0.2) is 4.99 Å². The van der Waals surface area contributed by atoms with Crippen LogP contribution in [0.2, 0.25) is 0 Å². The number of ether oxygens (including phenoxy) is 1. The standard InChI is InChI=1S/C6H15N5O2/c1-13-3-4(12)2-10-6(9)11-5(7)8/h4,12H,2-3H2,1H3,(H6,7,8,9,10,11). The van der Waals surface area contributed by atoms with Gasteiger partial charge in [-0.05, 0) is 0 Å². The number of guanidine groups is 2. The van der Waals surface area contributed by atoms with E-state index in [0.29, 0.717) is 0 Å². The Morgan fingerprint density at radius 2 is 2.08 bits per heavy atom. The summed E-state index contributed by atoms with van der Waals surface area (Å²) < 4.78 is 4.67. The van der Waals surface area contributed by atoms with E-state index in [2.05, 4.69) is 14.7 Å². The molecule has 0 aliphatic rings. The highest BCUT2D eigenvalue weighted by molar-refractivity contribution is 5.92. The Balaban J connectivity index is 3.89. The SMILES string of the molecule is COCC(O)CN=C(N)N=C(N)N. The Labute approximate surface area is 76.3 Å². The molecule has 0 aromatic rings. The zero-order chi connectivity index (χ0) is 10.3. The Kier molecular flexibility index (Phi) is 5.57. The van der Waals surface area contributed by atoms with E-state index >= 15 is 0 Å². The van der Waals surface area contributed by atoms with E-state index in [0.717, 1.165) is 0 Å². The van der Waals surface area contributed by atoms with Gasteiger partial charge in [0.2, 0.25) is 5.96 Å². The van der Waals surface area contributed by atoms with Gasteiger partial charge in [0.15, 0.2) is 5.96 Å². The van der Waals surface area contributed by atoms with Gasteiger partial charge in [-0.15, -0.1) is 0 Å². The summed E-state index contributed by atoms with van der Waals surface area (Å²) in [5.74, 6) is -0.224. The minimum absolute atomic E-state index is 0.0600. The van der Waals surface area contributed by atoms with Crippen LogP contribution in [0.15, 0.2) is 9.98 Å². The number of nitrogens with two attached hydrogens (primary N) is 3. The minimum Gasteiger partial charge on any atom is -0.389 e. The molecule has 1 atom stereocenters. The average Bonchev–Trinajstić information content (AvgIpc) is 2.00. The number of aliphatic hydroxyl groups excluding tert-OH is 1. The van der Waals surface area contributed by atoms with E-state index in [1.807, 2.05) is 0 Å². The molecule has 0 radical (unpaired) electrons. The highest BCUT2D eigenvalue weighted by Gasteiger charge is 2.01. The molecule has 0 fully saturated rings. The highest BCUT2D eigenvalue weighted by atomic mass is 16.5. The summed E-state index contributed by atoms with van der Waals surface area (Å²) in [7, 11) is 1.48. The second kappa shape index (κ2) is 6.21.